The highest BCUT2D eigenvalue weighted by Gasteiger charge is 1.97. The number of hydrogen-bond donors (Lipinski definition) is 2. The summed E-state index contributed by atoms with van der Waals surface area (Å²) < 4.78 is 0. The number of nitrogens with two attached hydrogens (primary N) is 2. The van der Waals surface area contributed by atoms with Crippen molar-refractivity contribution in [3.8, 4) is 0 Å². The van der Waals surface area contributed by atoms with Crippen LogP contribution in [0.25, 0.3) is 0 Å². The lowest BCUT2D eigenvalue weighted by Crippen LogP contribution is -2.15. The number of rotatable bonds is 5. The number of hydrogen-bond acceptors (Lipinski definition) is 4. The monoisotopic (exact) mass is 162 g/mol. The summed E-state index contributed by atoms with van der Waals surface area (Å²) in [4.78, 5) is 0. The van der Waals surface area contributed by atoms with E-state index in [1.54, 1.807) is 21.6 Å². The quantitative estimate of drug-likeness (QED) is 0.333. The van der Waals surface area contributed by atoms with Gasteiger partial charge in [0.1, 0.15) is 0 Å². The maximum absolute atomic E-state index is 5.49. The van der Waals surface area contributed by atoms with Crippen LogP contribution in [0.4, 0.5) is 0 Å². The Bertz CT molecular complexity index is 64.5. The van der Waals surface area contributed by atoms with E-state index in [0.717, 1.165) is 5.75 Å². The second-order valence-electron chi connectivity index (χ2n) is 1.48. The van der Waals surface area contributed by atoms with Crippen LogP contribution in [0, 0.1) is 0 Å². The Kier molecular flexibility index (Phi) is 7.32. The molecule has 0 aromatic rings. The SMILES string of the molecule is [B]C(CN)SSCCN. The molecule has 2 nitrogen and oxygen atoms in total. The van der Waals surface area contributed by atoms with E-state index in [1.807, 2.05) is 0 Å². The van der Waals surface area contributed by atoms with Crippen molar-refractivity contribution in [3.05, 3.63) is 0 Å². The molecule has 0 fully saturated rings. The Labute approximate surface area is 65.3 Å². The molecule has 0 aliphatic rings. The van der Waals surface area contributed by atoms with Gasteiger partial charge >= 0.3 is 0 Å². The summed E-state index contributed by atoms with van der Waals surface area (Å²) in [5.74, 6) is 0.943. The van der Waals surface area contributed by atoms with E-state index < -0.39 is 0 Å². The molecule has 0 amide bonds. The molecule has 2 radical (unpaired) electrons. The van der Waals surface area contributed by atoms with E-state index in [0.29, 0.717) is 13.1 Å². The molecule has 9 heavy (non-hydrogen) atoms. The third kappa shape index (κ3) is 6.57. The normalized spacial score (nSPS) is 13.6. The van der Waals surface area contributed by atoms with Crippen molar-refractivity contribution in [3.63, 3.8) is 0 Å². The van der Waals surface area contributed by atoms with Gasteiger partial charge in [-0.3, -0.25) is 0 Å². The Morgan fingerprint density at radius 3 is 2.56 bits per heavy atom. The molecule has 0 spiro atoms. The zero-order chi connectivity index (χ0) is 7.11. The minimum absolute atomic E-state index is 0.0570. The van der Waals surface area contributed by atoms with E-state index in [4.69, 9.17) is 19.3 Å². The Morgan fingerprint density at radius 2 is 2.11 bits per heavy atom. The predicted octanol–water partition coefficient (Wildman–Crippen LogP) is -0.220. The van der Waals surface area contributed by atoms with Crippen LogP contribution < -0.4 is 11.5 Å². The molecule has 52 valence electrons. The molecule has 0 rings (SSSR count). The highest BCUT2D eigenvalue weighted by molar-refractivity contribution is 8.77. The van der Waals surface area contributed by atoms with E-state index in [2.05, 4.69) is 0 Å². The van der Waals surface area contributed by atoms with Crippen LogP contribution in [-0.4, -0.2) is 31.8 Å². The summed E-state index contributed by atoms with van der Waals surface area (Å²) >= 11 is 0. The molecule has 0 heterocycles. The van der Waals surface area contributed by atoms with Crippen LogP contribution in [-0.2, 0) is 0 Å². The summed E-state index contributed by atoms with van der Waals surface area (Å²) in [6.45, 7) is 1.23. The van der Waals surface area contributed by atoms with Crippen LogP contribution in [0.2, 0.25) is 0 Å². The molecule has 1 unspecified atom stereocenters. The lowest BCUT2D eigenvalue weighted by Gasteiger charge is -2.05. The van der Waals surface area contributed by atoms with Gasteiger partial charge in [0, 0.05) is 12.3 Å². The van der Waals surface area contributed by atoms with Crippen LogP contribution in [0.3, 0.4) is 0 Å². The molecular formula is C4H11BN2S2. The smallest absolute Gasteiger partial charge is 0.0875 e. The van der Waals surface area contributed by atoms with Gasteiger partial charge < -0.3 is 11.5 Å². The van der Waals surface area contributed by atoms with Crippen molar-refractivity contribution in [2.75, 3.05) is 18.8 Å². The summed E-state index contributed by atoms with van der Waals surface area (Å²) in [5.41, 5.74) is 10.5. The topological polar surface area (TPSA) is 52.0 Å². The highest BCUT2D eigenvalue weighted by atomic mass is 33.1. The first-order valence-electron chi connectivity index (χ1n) is 2.75. The van der Waals surface area contributed by atoms with Gasteiger partial charge in [0.2, 0.25) is 0 Å². The van der Waals surface area contributed by atoms with Crippen molar-refractivity contribution in [1.29, 1.82) is 0 Å². The summed E-state index contributed by atoms with van der Waals surface area (Å²) in [7, 11) is 8.75. The maximum atomic E-state index is 5.49. The van der Waals surface area contributed by atoms with E-state index in [-0.39, 0.29) is 5.15 Å². The van der Waals surface area contributed by atoms with Crippen molar-refractivity contribution in [2.45, 2.75) is 5.15 Å². The Morgan fingerprint density at radius 1 is 1.44 bits per heavy atom. The van der Waals surface area contributed by atoms with Crippen LogP contribution >= 0.6 is 21.6 Å². The van der Waals surface area contributed by atoms with Gasteiger partial charge in [0.15, 0.2) is 0 Å². The Hall–Kier alpha value is 0.685. The molecular weight excluding hydrogens is 151 g/mol. The fraction of sp³-hybridized carbons (Fsp3) is 1.00. The lowest BCUT2D eigenvalue weighted by atomic mass is 10.1. The molecule has 0 aromatic carbocycles. The fourth-order valence-electron chi connectivity index (χ4n) is 0.223. The lowest BCUT2D eigenvalue weighted by molar-refractivity contribution is 1.10. The van der Waals surface area contributed by atoms with Crippen molar-refractivity contribution in [2.24, 2.45) is 11.5 Å². The van der Waals surface area contributed by atoms with Crippen molar-refractivity contribution >= 4 is 29.4 Å². The van der Waals surface area contributed by atoms with Gasteiger partial charge in [-0.1, -0.05) is 21.6 Å². The first kappa shape index (κ1) is 9.68. The average molecular weight is 162 g/mol. The summed E-state index contributed by atoms with van der Waals surface area (Å²) in [6, 6.07) is 0. The van der Waals surface area contributed by atoms with Gasteiger partial charge in [-0.15, -0.1) is 0 Å². The minimum Gasteiger partial charge on any atom is -0.330 e. The van der Waals surface area contributed by atoms with E-state index >= 15 is 0 Å². The predicted molar refractivity (Wildman–Crippen MR) is 47.7 cm³/mol. The molecule has 4 N–H and O–H groups in total. The summed E-state index contributed by atoms with van der Waals surface area (Å²) in [5, 5.41) is 0.0570. The minimum atomic E-state index is 0.0570. The first-order chi connectivity index (χ1) is 4.31. The van der Waals surface area contributed by atoms with Gasteiger partial charge in [-0.25, -0.2) is 0 Å². The van der Waals surface area contributed by atoms with Gasteiger partial charge in [0.25, 0.3) is 0 Å². The van der Waals surface area contributed by atoms with Crippen molar-refractivity contribution < 1.29 is 0 Å². The third-order valence-corrected chi connectivity index (χ3v) is 3.25. The van der Waals surface area contributed by atoms with Crippen LogP contribution in [0.5, 0.6) is 0 Å². The van der Waals surface area contributed by atoms with E-state index in [9.17, 15) is 0 Å². The molecule has 0 aromatic heterocycles. The molecule has 0 bridgehead atoms. The second kappa shape index (κ2) is 6.80. The third-order valence-electron chi connectivity index (χ3n) is 0.625. The van der Waals surface area contributed by atoms with Crippen LogP contribution in [0.15, 0.2) is 0 Å². The van der Waals surface area contributed by atoms with E-state index in [1.165, 1.54) is 0 Å². The zero-order valence-electron chi connectivity index (χ0n) is 5.25. The van der Waals surface area contributed by atoms with Gasteiger partial charge in [0.05, 0.1) is 7.85 Å². The zero-order valence-corrected chi connectivity index (χ0v) is 6.88. The first-order valence-corrected chi connectivity index (χ1v) is 5.13. The van der Waals surface area contributed by atoms with Crippen LogP contribution in [0.1, 0.15) is 0 Å². The largest absolute Gasteiger partial charge is 0.330 e. The standard InChI is InChI=1S/C4H11BN2S2/c5-4(3-7)9-8-2-1-6/h4H,1-3,6-7H2. The second-order valence-corrected chi connectivity index (χ2v) is 4.21. The Balaban J connectivity index is 2.88. The highest BCUT2D eigenvalue weighted by Crippen LogP contribution is 2.23. The maximum Gasteiger partial charge on any atom is 0.0875 e. The molecule has 0 aliphatic carbocycles. The molecule has 0 saturated heterocycles. The van der Waals surface area contributed by atoms with Gasteiger partial charge in [-0.05, 0) is 11.7 Å². The van der Waals surface area contributed by atoms with Crippen molar-refractivity contribution in [1.82, 2.24) is 0 Å². The fourth-order valence-corrected chi connectivity index (χ4v) is 2.01. The average Bonchev–Trinajstić information content (AvgIpc) is 1.89. The molecule has 1 atom stereocenters. The van der Waals surface area contributed by atoms with Gasteiger partial charge in [-0.2, -0.15) is 0 Å². The molecule has 0 saturated carbocycles. The molecule has 0 aliphatic heterocycles. The molecule has 5 heteroatoms. The summed E-state index contributed by atoms with van der Waals surface area (Å²) in [6.07, 6.45) is 0.